The van der Waals surface area contributed by atoms with E-state index in [0.717, 1.165) is 6.54 Å². The Bertz CT molecular complexity index is 301. The molecule has 0 unspecified atom stereocenters. The van der Waals surface area contributed by atoms with Gasteiger partial charge in [0.05, 0.1) is 0 Å². The van der Waals surface area contributed by atoms with E-state index in [9.17, 15) is 14.4 Å². The van der Waals surface area contributed by atoms with Gasteiger partial charge in [-0.15, -0.1) is 0 Å². The van der Waals surface area contributed by atoms with Gasteiger partial charge in [-0.25, -0.2) is 4.79 Å². The molecule has 0 radical (unpaired) electrons. The molecule has 1 N–H and O–H groups in total. The zero-order valence-corrected chi connectivity index (χ0v) is 10.2. The third-order valence-corrected chi connectivity index (χ3v) is 2.73. The van der Waals surface area contributed by atoms with Crippen LogP contribution in [0.25, 0.3) is 0 Å². The van der Waals surface area contributed by atoms with E-state index in [1.165, 1.54) is 0 Å². The van der Waals surface area contributed by atoms with Gasteiger partial charge in [-0.05, 0) is 13.6 Å². The topological polar surface area (TPSA) is 75.7 Å². The fraction of sp³-hybridized carbons (Fsp3) is 0.727. The van der Waals surface area contributed by atoms with Gasteiger partial charge in [0.1, 0.15) is 0 Å². The van der Waals surface area contributed by atoms with Crippen molar-refractivity contribution in [3.05, 3.63) is 0 Å². The average Bonchev–Trinajstić information content (AvgIpc) is 2.60. The summed E-state index contributed by atoms with van der Waals surface area (Å²) >= 11 is 0. The highest BCUT2D eigenvalue weighted by atomic mass is 16.6. The molecule has 0 aliphatic heterocycles. The molecule has 1 rings (SSSR count). The number of alkyl carbamates (subject to hydrolysis) is 1. The first-order valence-electron chi connectivity index (χ1n) is 5.73. The summed E-state index contributed by atoms with van der Waals surface area (Å²) in [6, 6.07) is 0. The average molecular weight is 242 g/mol. The highest BCUT2D eigenvalue weighted by Crippen LogP contribution is 2.13. The molecular weight excluding hydrogens is 224 g/mol. The van der Waals surface area contributed by atoms with Crippen LogP contribution >= 0.6 is 0 Å². The molecular formula is C11H18N2O4. The standard InChI is InChI=1S/C11H18N2O4/c1-3-13(2)7-6-12-11(16)17-10-8(14)4-5-9(10)15/h10H,3-7H2,1-2H3,(H,12,16). The molecule has 0 heterocycles. The van der Waals surface area contributed by atoms with Gasteiger partial charge in [-0.3, -0.25) is 9.59 Å². The SMILES string of the molecule is CCN(C)CCNC(=O)OC1C(=O)CCC1=O. The number of ether oxygens (including phenoxy) is 1. The summed E-state index contributed by atoms with van der Waals surface area (Å²) in [4.78, 5) is 35.8. The van der Waals surface area contributed by atoms with Crippen molar-refractivity contribution >= 4 is 17.7 Å². The van der Waals surface area contributed by atoms with Gasteiger partial charge in [-0.1, -0.05) is 6.92 Å². The van der Waals surface area contributed by atoms with E-state index in [4.69, 9.17) is 4.74 Å². The van der Waals surface area contributed by atoms with E-state index in [2.05, 4.69) is 5.32 Å². The molecule has 0 spiro atoms. The first kappa shape index (κ1) is 13.6. The lowest BCUT2D eigenvalue weighted by Gasteiger charge is -2.15. The van der Waals surface area contributed by atoms with Crippen LogP contribution in [-0.2, 0) is 14.3 Å². The largest absolute Gasteiger partial charge is 0.430 e. The quantitative estimate of drug-likeness (QED) is 0.685. The number of nitrogens with zero attached hydrogens (tertiary/aromatic N) is 1. The number of nitrogens with one attached hydrogen (secondary N) is 1. The Hall–Kier alpha value is -1.43. The van der Waals surface area contributed by atoms with Crippen LogP contribution in [0.1, 0.15) is 19.8 Å². The van der Waals surface area contributed by atoms with Crippen LogP contribution in [-0.4, -0.2) is 55.3 Å². The fourth-order valence-electron chi connectivity index (χ4n) is 1.48. The zero-order valence-electron chi connectivity index (χ0n) is 10.2. The maximum Gasteiger partial charge on any atom is 0.408 e. The minimum Gasteiger partial charge on any atom is -0.430 e. The number of rotatable bonds is 5. The van der Waals surface area contributed by atoms with Crippen molar-refractivity contribution in [2.24, 2.45) is 0 Å². The van der Waals surface area contributed by atoms with Gasteiger partial charge in [-0.2, -0.15) is 0 Å². The van der Waals surface area contributed by atoms with Crippen LogP contribution in [0.5, 0.6) is 0 Å². The summed E-state index contributed by atoms with van der Waals surface area (Å²) in [6.07, 6.45) is -1.54. The molecule has 96 valence electrons. The Morgan fingerprint density at radius 3 is 2.53 bits per heavy atom. The lowest BCUT2D eigenvalue weighted by atomic mass is 10.3. The Kier molecular flexibility index (Phi) is 5.09. The highest BCUT2D eigenvalue weighted by Gasteiger charge is 2.36. The second kappa shape index (κ2) is 6.34. The number of ketones is 2. The molecule has 0 atom stereocenters. The first-order valence-corrected chi connectivity index (χ1v) is 5.73. The van der Waals surface area contributed by atoms with Crippen molar-refractivity contribution in [1.82, 2.24) is 10.2 Å². The van der Waals surface area contributed by atoms with E-state index >= 15 is 0 Å². The minimum atomic E-state index is -1.18. The highest BCUT2D eigenvalue weighted by molar-refractivity contribution is 6.12. The number of likely N-dealkylation sites (N-methyl/N-ethyl adjacent to an activating group) is 1. The van der Waals surface area contributed by atoms with Crippen LogP contribution in [0.15, 0.2) is 0 Å². The maximum absolute atomic E-state index is 11.3. The number of carbonyl (C=O) groups is 3. The van der Waals surface area contributed by atoms with E-state index < -0.39 is 12.2 Å². The summed E-state index contributed by atoms with van der Waals surface area (Å²) in [5, 5.41) is 2.51. The lowest BCUT2D eigenvalue weighted by molar-refractivity contribution is -0.132. The van der Waals surface area contributed by atoms with Crippen LogP contribution in [0, 0.1) is 0 Å². The summed E-state index contributed by atoms with van der Waals surface area (Å²) < 4.78 is 4.78. The molecule has 6 heteroatoms. The van der Waals surface area contributed by atoms with Crippen molar-refractivity contribution < 1.29 is 19.1 Å². The summed E-state index contributed by atoms with van der Waals surface area (Å²) in [6.45, 7) is 4.01. The van der Waals surface area contributed by atoms with Gasteiger partial charge in [0.25, 0.3) is 0 Å². The number of Topliss-reactive ketones (excluding diaryl/α,β-unsaturated/α-hetero) is 2. The van der Waals surface area contributed by atoms with Gasteiger partial charge < -0.3 is 15.0 Å². The second-order valence-corrected chi connectivity index (χ2v) is 4.04. The van der Waals surface area contributed by atoms with Gasteiger partial charge in [0.15, 0.2) is 11.6 Å². The third kappa shape index (κ3) is 4.14. The molecule has 0 bridgehead atoms. The Labute approximate surface area is 100 Å². The van der Waals surface area contributed by atoms with Crippen LogP contribution < -0.4 is 5.32 Å². The van der Waals surface area contributed by atoms with Crippen molar-refractivity contribution in [2.45, 2.75) is 25.9 Å². The van der Waals surface area contributed by atoms with Crippen molar-refractivity contribution in [2.75, 3.05) is 26.7 Å². The van der Waals surface area contributed by atoms with E-state index in [1.807, 2.05) is 18.9 Å². The van der Waals surface area contributed by atoms with Crippen LogP contribution in [0.3, 0.4) is 0 Å². The molecule has 1 aliphatic rings. The Morgan fingerprint density at radius 1 is 1.41 bits per heavy atom. The molecule has 17 heavy (non-hydrogen) atoms. The molecule has 1 amide bonds. The van der Waals surface area contributed by atoms with Gasteiger partial charge in [0, 0.05) is 25.9 Å². The fourth-order valence-corrected chi connectivity index (χ4v) is 1.48. The van der Waals surface area contributed by atoms with Crippen molar-refractivity contribution in [3.8, 4) is 0 Å². The monoisotopic (exact) mass is 242 g/mol. The Balaban J connectivity index is 2.25. The molecule has 0 aromatic heterocycles. The number of hydrogen-bond donors (Lipinski definition) is 1. The number of hydrogen-bond acceptors (Lipinski definition) is 5. The predicted octanol–water partition coefficient (Wildman–Crippen LogP) is -0.0351. The van der Waals surface area contributed by atoms with Gasteiger partial charge in [0.2, 0.25) is 6.10 Å². The summed E-state index contributed by atoms with van der Waals surface area (Å²) in [5.41, 5.74) is 0. The van der Waals surface area contributed by atoms with E-state index in [0.29, 0.717) is 13.1 Å². The molecule has 1 saturated carbocycles. The minimum absolute atomic E-state index is 0.176. The third-order valence-electron chi connectivity index (χ3n) is 2.73. The maximum atomic E-state index is 11.3. The molecule has 6 nitrogen and oxygen atoms in total. The lowest BCUT2D eigenvalue weighted by Crippen LogP contribution is -2.37. The van der Waals surface area contributed by atoms with E-state index in [-0.39, 0.29) is 24.4 Å². The first-order chi connectivity index (χ1) is 8.04. The molecule has 0 aromatic rings. The van der Waals surface area contributed by atoms with Crippen molar-refractivity contribution in [1.29, 1.82) is 0 Å². The molecule has 1 fully saturated rings. The van der Waals surface area contributed by atoms with Gasteiger partial charge >= 0.3 is 6.09 Å². The number of carbonyl (C=O) groups excluding carboxylic acids is 3. The summed E-state index contributed by atoms with van der Waals surface area (Å²) in [7, 11) is 1.93. The smallest absolute Gasteiger partial charge is 0.408 e. The van der Waals surface area contributed by atoms with Crippen molar-refractivity contribution in [3.63, 3.8) is 0 Å². The van der Waals surface area contributed by atoms with Crippen LogP contribution in [0.2, 0.25) is 0 Å². The normalized spacial score (nSPS) is 16.6. The van der Waals surface area contributed by atoms with Crippen LogP contribution in [0.4, 0.5) is 4.79 Å². The number of amides is 1. The predicted molar refractivity (Wildman–Crippen MR) is 60.7 cm³/mol. The second-order valence-electron chi connectivity index (χ2n) is 4.04. The zero-order chi connectivity index (χ0) is 12.8. The molecule has 0 aromatic carbocycles. The summed E-state index contributed by atoms with van der Waals surface area (Å²) in [5.74, 6) is -0.619. The molecule has 0 saturated heterocycles. The molecule has 1 aliphatic carbocycles. The van der Waals surface area contributed by atoms with E-state index in [1.54, 1.807) is 0 Å². The Morgan fingerprint density at radius 2 is 2.00 bits per heavy atom.